The maximum atomic E-state index is 14.4. The summed E-state index contributed by atoms with van der Waals surface area (Å²) in [5, 5.41) is -0.0133. The van der Waals surface area contributed by atoms with E-state index in [1.54, 1.807) is 6.07 Å². The summed E-state index contributed by atoms with van der Waals surface area (Å²) in [6.45, 7) is 15.2. The lowest BCUT2D eigenvalue weighted by molar-refractivity contribution is -0.133. The van der Waals surface area contributed by atoms with E-state index in [2.05, 4.69) is 43.5 Å². The molecule has 4 rings (SSSR count). The molecule has 0 radical (unpaired) electrons. The summed E-state index contributed by atoms with van der Waals surface area (Å²) in [5.41, 5.74) is 3.26. The molecular weight excluding hydrogens is 599 g/mol. The number of anilines is 1. The quantitative estimate of drug-likeness (QED) is 0.197. The van der Waals surface area contributed by atoms with Crippen LogP contribution in [0, 0.1) is 0 Å². The van der Waals surface area contributed by atoms with Crippen LogP contribution in [0.25, 0.3) is 0 Å². The third kappa shape index (κ3) is 9.28. The van der Waals surface area contributed by atoms with E-state index >= 15 is 0 Å². The van der Waals surface area contributed by atoms with Crippen molar-refractivity contribution in [3.05, 3.63) is 102 Å². The summed E-state index contributed by atoms with van der Waals surface area (Å²) in [5.74, 6) is -0.587. The Morgan fingerprint density at radius 2 is 1.44 bits per heavy atom. The highest BCUT2D eigenvalue weighted by atomic mass is 32.2. The number of likely N-dealkylation sites (tertiary alicyclic amines) is 1. The normalized spacial score (nSPS) is 16.0. The van der Waals surface area contributed by atoms with Crippen LogP contribution >= 0.6 is 0 Å². The third-order valence-electron chi connectivity index (χ3n) is 9.26. The first-order valence-corrected chi connectivity index (χ1v) is 20.6. The minimum atomic E-state index is -3.68. The summed E-state index contributed by atoms with van der Waals surface area (Å²) in [6, 6.07) is 27.0. The van der Waals surface area contributed by atoms with E-state index in [0.717, 1.165) is 42.6 Å². The van der Waals surface area contributed by atoms with E-state index in [4.69, 9.17) is 4.43 Å². The zero-order chi connectivity index (χ0) is 32.8. The van der Waals surface area contributed by atoms with Gasteiger partial charge in [0.05, 0.1) is 23.8 Å². The molecule has 244 valence electrons. The first-order chi connectivity index (χ1) is 21.2. The van der Waals surface area contributed by atoms with E-state index in [-0.39, 0.29) is 22.7 Å². The molecule has 1 aliphatic rings. The number of benzene rings is 3. The van der Waals surface area contributed by atoms with Crippen LogP contribution in [-0.4, -0.2) is 71.0 Å². The van der Waals surface area contributed by atoms with Crippen molar-refractivity contribution in [1.29, 1.82) is 0 Å². The van der Waals surface area contributed by atoms with Crippen molar-refractivity contribution in [1.82, 2.24) is 9.80 Å². The van der Waals surface area contributed by atoms with Crippen LogP contribution in [0.5, 0.6) is 0 Å². The van der Waals surface area contributed by atoms with Gasteiger partial charge in [-0.1, -0.05) is 93.6 Å². The summed E-state index contributed by atoms with van der Waals surface area (Å²) >= 11 is 0. The van der Waals surface area contributed by atoms with Gasteiger partial charge in [-0.25, -0.2) is 8.42 Å². The highest BCUT2D eigenvalue weighted by molar-refractivity contribution is 7.92. The zero-order valence-corrected chi connectivity index (χ0v) is 29.8. The number of nitrogens with one attached hydrogen (secondary N) is 1. The lowest BCUT2D eigenvalue weighted by Gasteiger charge is -2.38. The van der Waals surface area contributed by atoms with Gasteiger partial charge in [0, 0.05) is 19.3 Å². The second-order valence-electron chi connectivity index (χ2n) is 13.9. The van der Waals surface area contributed by atoms with Crippen molar-refractivity contribution in [2.24, 2.45) is 0 Å². The molecule has 2 unspecified atom stereocenters. The predicted molar refractivity (Wildman–Crippen MR) is 188 cm³/mol. The standard InChI is InChI=1S/C36H51N3O4SSi/c1-28(43-45(6,7)36(2,3)4)27-44(41,42)37-32-22-16-21-31(25-32)33(26-39-23-14-15-24-39)38(5)35(40)34(29-17-10-8-11-18-29)30-19-12-9-13-20-30/h8-13,16-22,25,28,33-34,37H,14-15,23-24,26-27H2,1-7H3. The lowest BCUT2D eigenvalue weighted by Crippen LogP contribution is -2.45. The molecule has 1 aliphatic heterocycles. The minimum absolute atomic E-state index is 0.000756. The SMILES string of the molecule is CC(CS(=O)(=O)Nc1cccc(C(CN2CCCC2)N(C)C(=O)C(c2ccccc2)c2ccccc2)c1)O[Si](C)(C)C(C)(C)C. The molecule has 1 saturated heterocycles. The molecule has 3 aromatic carbocycles. The van der Waals surface area contributed by atoms with Crippen LogP contribution < -0.4 is 4.72 Å². The third-order valence-corrected chi connectivity index (χ3v) is 15.3. The van der Waals surface area contributed by atoms with Crippen molar-refractivity contribution in [2.75, 3.05) is 37.2 Å². The van der Waals surface area contributed by atoms with Gasteiger partial charge in [0.1, 0.15) is 0 Å². The minimum Gasteiger partial charge on any atom is -0.413 e. The van der Waals surface area contributed by atoms with Crippen LogP contribution in [0.3, 0.4) is 0 Å². The van der Waals surface area contributed by atoms with E-state index in [9.17, 15) is 13.2 Å². The fraction of sp³-hybridized carbons (Fsp3) is 0.472. The number of hydrogen-bond donors (Lipinski definition) is 1. The summed E-state index contributed by atoms with van der Waals surface area (Å²) in [6.07, 6.45) is 1.83. The molecule has 9 heteroatoms. The molecule has 1 N–H and O–H groups in total. The fourth-order valence-corrected chi connectivity index (χ4v) is 8.66. The smallest absolute Gasteiger partial charge is 0.235 e. The maximum Gasteiger partial charge on any atom is 0.235 e. The highest BCUT2D eigenvalue weighted by Crippen LogP contribution is 2.37. The van der Waals surface area contributed by atoms with Crippen molar-refractivity contribution < 1.29 is 17.6 Å². The van der Waals surface area contributed by atoms with E-state index in [1.807, 2.05) is 97.7 Å². The van der Waals surface area contributed by atoms with Gasteiger partial charge in [-0.2, -0.15) is 0 Å². The highest BCUT2D eigenvalue weighted by Gasteiger charge is 2.39. The van der Waals surface area contributed by atoms with Crippen molar-refractivity contribution in [3.63, 3.8) is 0 Å². The van der Waals surface area contributed by atoms with Gasteiger partial charge in [-0.15, -0.1) is 0 Å². The van der Waals surface area contributed by atoms with Gasteiger partial charge in [0.2, 0.25) is 15.9 Å². The van der Waals surface area contributed by atoms with Crippen molar-refractivity contribution in [2.45, 2.75) is 76.7 Å². The fourth-order valence-electron chi connectivity index (χ4n) is 5.84. The van der Waals surface area contributed by atoms with Gasteiger partial charge < -0.3 is 14.2 Å². The average Bonchev–Trinajstić information content (AvgIpc) is 3.49. The van der Waals surface area contributed by atoms with Gasteiger partial charge in [-0.3, -0.25) is 9.52 Å². The van der Waals surface area contributed by atoms with Gasteiger partial charge in [0.15, 0.2) is 8.32 Å². The second kappa shape index (κ2) is 14.6. The summed E-state index contributed by atoms with van der Waals surface area (Å²) < 4.78 is 35.7. The molecule has 1 amide bonds. The number of sulfonamides is 1. The van der Waals surface area contributed by atoms with Crippen LogP contribution in [0.15, 0.2) is 84.9 Å². The molecule has 45 heavy (non-hydrogen) atoms. The van der Waals surface area contributed by atoms with Crippen LogP contribution in [-0.2, 0) is 19.2 Å². The monoisotopic (exact) mass is 649 g/mol. The van der Waals surface area contributed by atoms with Crippen molar-refractivity contribution in [3.8, 4) is 0 Å². The number of carbonyl (C=O) groups excluding carboxylic acids is 1. The Morgan fingerprint density at radius 1 is 0.911 bits per heavy atom. The Hall–Kier alpha value is -2.98. The molecule has 2 atom stereocenters. The van der Waals surface area contributed by atoms with Gasteiger partial charge >= 0.3 is 0 Å². The predicted octanol–water partition coefficient (Wildman–Crippen LogP) is 7.27. The number of carbonyl (C=O) groups is 1. The molecule has 0 aliphatic carbocycles. The summed E-state index contributed by atoms with van der Waals surface area (Å²) in [7, 11) is -3.93. The molecule has 0 bridgehead atoms. The molecule has 1 heterocycles. The van der Waals surface area contributed by atoms with Crippen LogP contribution in [0.2, 0.25) is 18.1 Å². The largest absolute Gasteiger partial charge is 0.413 e. The van der Waals surface area contributed by atoms with E-state index in [1.165, 1.54) is 0 Å². The first kappa shape index (κ1) is 34.9. The van der Waals surface area contributed by atoms with Gasteiger partial charge in [0.25, 0.3) is 0 Å². The Balaban J connectivity index is 1.60. The van der Waals surface area contributed by atoms with Crippen molar-refractivity contribution >= 4 is 29.9 Å². The topological polar surface area (TPSA) is 79.0 Å². The number of nitrogens with zero attached hydrogens (tertiary/aromatic N) is 2. The molecule has 0 saturated carbocycles. The molecule has 1 fully saturated rings. The van der Waals surface area contributed by atoms with Gasteiger partial charge in [-0.05, 0) is 79.8 Å². The van der Waals surface area contributed by atoms with E-state index < -0.39 is 30.4 Å². The second-order valence-corrected chi connectivity index (χ2v) is 20.4. The number of rotatable bonds is 13. The Bertz CT molecular complexity index is 1460. The zero-order valence-electron chi connectivity index (χ0n) is 28.0. The summed E-state index contributed by atoms with van der Waals surface area (Å²) in [4.78, 5) is 18.7. The Kier molecular flexibility index (Phi) is 11.3. The van der Waals surface area contributed by atoms with Crippen LogP contribution in [0.4, 0.5) is 5.69 Å². The molecule has 3 aromatic rings. The molecule has 0 spiro atoms. The number of amides is 1. The Labute approximate surface area is 272 Å². The maximum absolute atomic E-state index is 14.4. The van der Waals surface area contributed by atoms with Crippen LogP contribution in [0.1, 0.15) is 69.2 Å². The number of likely N-dealkylation sites (N-methyl/N-ethyl adjacent to an activating group) is 1. The lowest BCUT2D eigenvalue weighted by atomic mass is 9.89. The molecular formula is C36H51N3O4SSi. The first-order valence-electron chi connectivity index (χ1n) is 16.0. The Morgan fingerprint density at radius 3 is 1.98 bits per heavy atom. The average molecular weight is 650 g/mol. The number of hydrogen-bond acceptors (Lipinski definition) is 5. The molecule has 0 aromatic heterocycles. The van der Waals surface area contributed by atoms with E-state index in [0.29, 0.717) is 12.2 Å². The molecule has 7 nitrogen and oxygen atoms in total.